The van der Waals surface area contributed by atoms with Crippen LogP contribution in [0.4, 0.5) is 0 Å². The third kappa shape index (κ3) is 2.49. The van der Waals surface area contributed by atoms with E-state index < -0.39 is 0 Å². The van der Waals surface area contributed by atoms with Crippen LogP contribution >= 0.6 is 11.3 Å². The number of hydrogen-bond acceptors (Lipinski definition) is 4. The molecular weight excluding hydrogens is 248 g/mol. The Morgan fingerprint density at radius 3 is 2.94 bits per heavy atom. The van der Waals surface area contributed by atoms with Gasteiger partial charge < -0.3 is 9.64 Å². The fourth-order valence-electron chi connectivity index (χ4n) is 2.40. The summed E-state index contributed by atoms with van der Waals surface area (Å²) in [4.78, 5) is 14.8. The molecule has 0 saturated heterocycles. The zero-order valence-corrected chi connectivity index (χ0v) is 11.2. The van der Waals surface area contributed by atoms with Crippen LogP contribution in [-0.4, -0.2) is 30.5 Å². The quantitative estimate of drug-likeness (QED) is 0.786. The van der Waals surface area contributed by atoms with Gasteiger partial charge in [0.15, 0.2) is 0 Å². The van der Waals surface area contributed by atoms with Crippen LogP contribution < -0.4 is 4.74 Å². The second kappa shape index (κ2) is 5.87. The summed E-state index contributed by atoms with van der Waals surface area (Å²) in [6.07, 6.45) is 4.28. The van der Waals surface area contributed by atoms with Gasteiger partial charge in [0.1, 0.15) is 17.2 Å². The first kappa shape index (κ1) is 12.9. The lowest BCUT2D eigenvalue weighted by molar-refractivity contribution is 0.0711. The van der Waals surface area contributed by atoms with Crippen LogP contribution in [0, 0.1) is 11.3 Å². The highest BCUT2D eigenvalue weighted by atomic mass is 32.1. The first-order valence-electron chi connectivity index (χ1n) is 6.07. The van der Waals surface area contributed by atoms with Crippen molar-refractivity contribution in [3.63, 3.8) is 0 Å². The van der Waals surface area contributed by atoms with Gasteiger partial charge >= 0.3 is 0 Å². The fraction of sp³-hybridized carbons (Fsp3) is 0.538. The molecular formula is C13H16N2O2S. The highest BCUT2D eigenvalue weighted by Crippen LogP contribution is 2.30. The molecule has 0 spiro atoms. The lowest BCUT2D eigenvalue weighted by Gasteiger charge is -2.26. The maximum absolute atomic E-state index is 12.5. The van der Waals surface area contributed by atoms with E-state index in [2.05, 4.69) is 6.07 Å². The summed E-state index contributed by atoms with van der Waals surface area (Å²) in [5.74, 6) is 0.529. The van der Waals surface area contributed by atoms with E-state index >= 15 is 0 Å². The molecule has 2 rings (SSSR count). The number of carbonyl (C=O) groups excluding carboxylic acids is 1. The molecule has 0 aromatic carbocycles. The molecule has 1 heterocycles. The Bertz CT molecular complexity index is 458. The zero-order chi connectivity index (χ0) is 13.0. The number of ether oxygens (including phenoxy) is 1. The number of amides is 1. The lowest BCUT2D eigenvalue weighted by atomic mass is 10.2. The van der Waals surface area contributed by atoms with E-state index in [0.717, 1.165) is 25.7 Å². The van der Waals surface area contributed by atoms with E-state index in [1.165, 1.54) is 11.3 Å². The van der Waals surface area contributed by atoms with Gasteiger partial charge in [0.05, 0.1) is 13.2 Å². The number of thiophene rings is 1. The SMILES string of the molecule is COc1ccsc1C(=O)N(CC#N)C1CCCC1. The van der Waals surface area contributed by atoms with Crippen molar-refractivity contribution in [2.24, 2.45) is 0 Å². The highest BCUT2D eigenvalue weighted by molar-refractivity contribution is 7.12. The Morgan fingerprint density at radius 1 is 1.61 bits per heavy atom. The minimum atomic E-state index is -0.0738. The molecule has 0 bridgehead atoms. The molecule has 1 aliphatic rings. The summed E-state index contributed by atoms with van der Waals surface area (Å²) in [6.45, 7) is 0.157. The second-order valence-electron chi connectivity index (χ2n) is 4.35. The molecule has 0 aliphatic heterocycles. The Labute approximate surface area is 111 Å². The molecule has 18 heavy (non-hydrogen) atoms. The van der Waals surface area contributed by atoms with Gasteiger partial charge in [-0.2, -0.15) is 5.26 Å². The molecule has 1 aliphatic carbocycles. The van der Waals surface area contributed by atoms with Crippen LogP contribution in [0.2, 0.25) is 0 Å². The van der Waals surface area contributed by atoms with Crippen molar-refractivity contribution < 1.29 is 9.53 Å². The molecule has 0 unspecified atom stereocenters. The summed E-state index contributed by atoms with van der Waals surface area (Å²) in [5.41, 5.74) is 0. The summed E-state index contributed by atoms with van der Waals surface area (Å²) in [6, 6.07) is 4.09. The molecule has 0 atom stereocenters. The maximum Gasteiger partial charge on any atom is 0.268 e. The van der Waals surface area contributed by atoms with E-state index in [-0.39, 0.29) is 18.5 Å². The number of hydrogen-bond donors (Lipinski definition) is 0. The smallest absolute Gasteiger partial charge is 0.268 e. The first-order valence-corrected chi connectivity index (χ1v) is 6.95. The van der Waals surface area contributed by atoms with Crippen LogP contribution in [0.15, 0.2) is 11.4 Å². The van der Waals surface area contributed by atoms with Gasteiger partial charge in [-0.3, -0.25) is 4.79 Å². The van der Waals surface area contributed by atoms with E-state index in [0.29, 0.717) is 10.6 Å². The predicted molar refractivity (Wildman–Crippen MR) is 69.8 cm³/mol. The third-order valence-electron chi connectivity index (χ3n) is 3.31. The summed E-state index contributed by atoms with van der Waals surface area (Å²) < 4.78 is 5.18. The van der Waals surface area contributed by atoms with E-state index in [1.54, 1.807) is 18.1 Å². The average molecular weight is 264 g/mol. The fourth-order valence-corrected chi connectivity index (χ4v) is 3.22. The maximum atomic E-state index is 12.5. The standard InChI is InChI=1S/C13H16N2O2S/c1-17-11-6-9-18-12(11)13(16)15(8-7-14)10-4-2-3-5-10/h6,9-10H,2-5,8H2,1H3. The van der Waals surface area contributed by atoms with E-state index in [4.69, 9.17) is 10.00 Å². The first-order chi connectivity index (χ1) is 8.77. The Kier molecular flexibility index (Phi) is 4.21. The molecule has 1 saturated carbocycles. The van der Waals surface area contributed by atoms with Crippen LogP contribution in [0.25, 0.3) is 0 Å². The lowest BCUT2D eigenvalue weighted by Crippen LogP contribution is -2.38. The average Bonchev–Trinajstić information content (AvgIpc) is 3.05. The number of carbonyl (C=O) groups is 1. The van der Waals surface area contributed by atoms with Gasteiger partial charge in [-0.1, -0.05) is 12.8 Å². The number of nitriles is 1. The van der Waals surface area contributed by atoms with Gasteiger partial charge in [-0.25, -0.2) is 0 Å². The Balaban J connectivity index is 2.20. The molecule has 5 heteroatoms. The van der Waals surface area contributed by atoms with Crippen molar-refractivity contribution in [2.75, 3.05) is 13.7 Å². The van der Waals surface area contributed by atoms with Gasteiger partial charge in [0, 0.05) is 6.04 Å². The molecule has 1 aromatic heterocycles. The van der Waals surface area contributed by atoms with Gasteiger partial charge in [0.25, 0.3) is 5.91 Å². The van der Waals surface area contributed by atoms with Crippen molar-refractivity contribution in [1.82, 2.24) is 4.90 Å². The molecule has 0 radical (unpaired) electrons. The van der Waals surface area contributed by atoms with E-state index in [1.807, 2.05) is 5.38 Å². The summed E-state index contributed by atoms with van der Waals surface area (Å²) in [7, 11) is 1.56. The van der Waals surface area contributed by atoms with Gasteiger partial charge in [-0.05, 0) is 24.3 Å². The monoisotopic (exact) mass is 264 g/mol. The molecule has 1 fully saturated rings. The van der Waals surface area contributed by atoms with Crippen LogP contribution in [0.1, 0.15) is 35.4 Å². The normalized spacial score (nSPS) is 15.3. The van der Waals surface area contributed by atoms with Crippen LogP contribution in [-0.2, 0) is 0 Å². The Morgan fingerprint density at radius 2 is 2.33 bits per heavy atom. The third-order valence-corrected chi connectivity index (χ3v) is 4.19. The van der Waals surface area contributed by atoms with Crippen molar-refractivity contribution in [1.29, 1.82) is 5.26 Å². The minimum Gasteiger partial charge on any atom is -0.495 e. The number of nitrogens with zero attached hydrogens (tertiary/aromatic N) is 2. The number of methoxy groups -OCH3 is 1. The molecule has 0 N–H and O–H groups in total. The molecule has 4 nitrogen and oxygen atoms in total. The topological polar surface area (TPSA) is 53.3 Å². The highest BCUT2D eigenvalue weighted by Gasteiger charge is 2.29. The largest absolute Gasteiger partial charge is 0.495 e. The Hall–Kier alpha value is -1.54. The summed E-state index contributed by atoms with van der Waals surface area (Å²) in [5, 5.41) is 10.7. The minimum absolute atomic E-state index is 0.0738. The van der Waals surface area contributed by atoms with Crippen molar-refractivity contribution in [3.05, 3.63) is 16.3 Å². The van der Waals surface area contributed by atoms with Crippen molar-refractivity contribution >= 4 is 17.2 Å². The van der Waals surface area contributed by atoms with Crippen molar-refractivity contribution in [3.8, 4) is 11.8 Å². The van der Waals surface area contributed by atoms with Gasteiger partial charge in [-0.15, -0.1) is 11.3 Å². The molecule has 1 amide bonds. The predicted octanol–water partition coefficient (Wildman–Crippen LogP) is 2.67. The molecule has 96 valence electrons. The van der Waals surface area contributed by atoms with Crippen LogP contribution in [0.5, 0.6) is 5.75 Å². The van der Waals surface area contributed by atoms with Gasteiger partial charge in [0.2, 0.25) is 0 Å². The summed E-state index contributed by atoms with van der Waals surface area (Å²) >= 11 is 1.37. The van der Waals surface area contributed by atoms with Crippen molar-refractivity contribution in [2.45, 2.75) is 31.7 Å². The van der Waals surface area contributed by atoms with E-state index in [9.17, 15) is 4.79 Å². The second-order valence-corrected chi connectivity index (χ2v) is 5.26. The zero-order valence-electron chi connectivity index (χ0n) is 10.4. The number of rotatable bonds is 4. The molecule has 1 aromatic rings. The van der Waals surface area contributed by atoms with Crippen LogP contribution in [0.3, 0.4) is 0 Å².